The zero-order valence-electron chi connectivity index (χ0n) is 8.05. The summed E-state index contributed by atoms with van der Waals surface area (Å²) in [4.78, 5) is 0. The second-order valence-electron chi connectivity index (χ2n) is 3.40. The van der Waals surface area contributed by atoms with Gasteiger partial charge in [-0.25, -0.2) is 0 Å². The number of rotatable bonds is 3. The Hall–Kier alpha value is -0.980. The summed E-state index contributed by atoms with van der Waals surface area (Å²) in [6.07, 6.45) is 4.54. The summed E-state index contributed by atoms with van der Waals surface area (Å²) >= 11 is 0. The van der Waals surface area contributed by atoms with Crippen LogP contribution in [0.15, 0.2) is 23.3 Å². The first-order chi connectivity index (χ1) is 5.66. The number of hydrogen-bond acceptors (Lipinski definition) is 1. The van der Waals surface area contributed by atoms with Crippen LogP contribution in [-0.4, -0.2) is 0 Å². The van der Waals surface area contributed by atoms with Crippen LogP contribution in [0, 0.1) is 6.92 Å². The second kappa shape index (κ2) is 3.61. The monoisotopic (exact) mass is 164 g/mol. The Balaban J connectivity index is 3.03. The van der Waals surface area contributed by atoms with Crippen molar-refractivity contribution in [2.75, 3.05) is 0 Å². The van der Waals surface area contributed by atoms with Crippen molar-refractivity contribution in [1.82, 2.24) is 0 Å². The fraction of sp³-hybridized carbons (Fsp3) is 0.455. The van der Waals surface area contributed by atoms with Gasteiger partial charge in [0.05, 0.1) is 6.26 Å². The lowest BCUT2D eigenvalue weighted by atomic mass is 9.99. The van der Waals surface area contributed by atoms with E-state index in [0.29, 0.717) is 5.92 Å². The normalized spacial score (nSPS) is 10.7. The summed E-state index contributed by atoms with van der Waals surface area (Å²) in [6, 6.07) is 0. The zero-order valence-corrected chi connectivity index (χ0v) is 8.05. The van der Waals surface area contributed by atoms with Crippen molar-refractivity contribution in [3.8, 4) is 0 Å². The Morgan fingerprint density at radius 1 is 1.58 bits per heavy atom. The summed E-state index contributed by atoms with van der Waals surface area (Å²) in [5.41, 5.74) is 2.59. The van der Waals surface area contributed by atoms with Crippen LogP contribution in [0.3, 0.4) is 0 Å². The highest BCUT2D eigenvalue weighted by molar-refractivity contribution is 5.30. The van der Waals surface area contributed by atoms with Gasteiger partial charge in [0, 0.05) is 6.42 Å². The smallest absolute Gasteiger partial charge is 0.111 e. The number of furan rings is 1. The first-order valence-corrected chi connectivity index (χ1v) is 4.34. The Morgan fingerprint density at radius 2 is 2.25 bits per heavy atom. The highest BCUT2D eigenvalue weighted by atomic mass is 16.3. The maximum Gasteiger partial charge on any atom is 0.111 e. The highest BCUT2D eigenvalue weighted by Gasteiger charge is 2.12. The third kappa shape index (κ3) is 1.60. The van der Waals surface area contributed by atoms with E-state index in [4.69, 9.17) is 4.42 Å². The van der Waals surface area contributed by atoms with Crippen molar-refractivity contribution >= 4 is 0 Å². The molecule has 12 heavy (non-hydrogen) atoms. The van der Waals surface area contributed by atoms with Gasteiger partial charge in [-0.2, -0.15) is 0 Å². The van der Waals surface area contributed by atoms with Crippen molar-refractivity contribution in [2.45, 2.75) is 33.1 Å². The lowest BCUT2D eigenvalue weighted by Gasteiger charge is -2.05. The minimum atomic E-state index is 0.540. The lowest BCUT2D eigenvalue weighted by molar-refractivity contribution is 0.515. The van der Waals surface area contributed by atoms with Gasteiger partial charge in [-0.1, -0.05) is 19.9 Å². The molecule has 1 aromatic rings. The minimum absolute atomic E-state index is 0.540. The third-order valence-corrected chi connectivity index (χ3v) is 2.01. The fourth-order valence-corrected chi connectivity index (χ4v) is 1.57. The first-order valence-electron chi connectivity index (χ1n) is 4.34. The first kappa shape index (κ1) is 9.11. The van der Waals surface area contributed by atoms with Crippen molar-refractivity contribution in [1.29, 1.82) is 0 Å². The van der Waals surface area contributed by atoms with Crippen molar-refractivity contribution in [3.05, 3.63) is 35.8 Å². The molecule has 0 fully saturated rings. The summed E-state index contributed by atoms with van der Waals surface area (Å²) in [6.45, 7) is 10.2. The SMILES string of the molecule is C=CCc1occ(C)c1C(C)C. The average Bonchev–Trinajstić information content (AvgIpc) is 2.32. The van der Waals surface area contributed by atoms with Crippen LogP contribution in [0.1, 0.15) is 36.7 Å². The van der Waals surface area contributed by atoms with Crippen molar-refractivity contribution in [3.63, 3.8) is 0 Å². The Morgan fingerprint density at radius 3 is 2.75 bits per heavy atom. The molecule has 0 unspecified atom stereocenters. The van der Waals surface area contributed by atoms with E-state index in [9.17, 15) is 0 Å². The van der Waals surface area contributed by atoms with E-state index in [1.165, 1.54) is 11.1 Å². The molecule has 1 heteroatoms. The molecule has 0 atom stereocenters. The van der Waals surface area contributed by atoms with E-state index in [2.05, 4.69) is 27.4 Å². The summed E-state index contributed by atoms with van der Waals surface area (Å²) in [5, 5.41) is 0. The molecule has 66 valence electrons. The minimum Gasteiger partial charge on any atom is -0.468 e. The number of hydrogen-bond donors (Lipinski definition) is 0. The molecule has 0 saturated carbocycles. The molecule has 1 nitrogen and oxygen atoms in total. The van der Waals surface area contributed by atoms with Gasteiger partial charge < -0.3 is 4.42 Å². The van der Waals surface area contributed by atoms with Gasteiger partial charge in [-0.3, -0.25) is 0 Å². The topological polar surface area (TPSA) is 13.1 Å². The Kier molecular flexibility index (Phi) is 2.74. The predicted octanol–water partition coefficient (Wildman–Crippen LogP) is 3.44. The molecule has 0 aliphatic heterocycles. The molecule has 0 aliphatic rings. The van der Waals surface area contributed by atoms with Crippen molar-refractivity contribution < 1.29 is 4.42 Å². The molecule has 0 radical (unpaired) electrons. The van der Waals surface area contributed by atoms with Crippen molar-refractivity contribution in [2.24, 2.45) is 0 Å². The van der Waals surface area contributed by atoms with Gasteiger partial charge in [-0.05, 0) is 24.0 Å². The molecule has 1 heterocycles. The molecular formula is C11H16O. The van der Waals surface area contributed by atoms with Crippen LogP contribution in [0.25, 0.3) is 0 Å². The molecule has 1 rings (SSSR count). The Bertz CT molecular complexity index is 269. The predicted molar refractivity (Wildman–Crippen MR) is 51.4 cm³/mol. The van der Waals surface area contributed by atoms with Gasteiger partial charge in [0.25, 0.3) is 0 Å². The molecule has 0 bridgehead atoms. The molecule has 0 N–H and O–H groups in total. The maximum absolute atomic E-state index is 5.43. The van der Waals surface area contributed by atoms with Crippen LogP contribution in [0.4, 0.5) is 0 Å². The zero-order chi connectivity index (χ0) is 9.14. The van der Waals surface area contributed by atoms with E-state index in [-0.39, 0.29) is 0 Å². The lowest BCUT2D eigenvalue weighted by Crippen LogP contribution is -1.92. The molecule has 0 spiro atoms. The summed E-state index contributed by atoms with van der Waals surface area (Å²) < 4.78 is 5.43. The summed E-state index contributed by atoms with van der Waals surface area (Å²) in [7, 11) is 0. The van der Waals surface area contributed by atoms with Crippen LogP contribution >= 0.6 is 0 Å². The molecular weight excluding hydrogens is 148 g/mol. The Labute approximate surface area is 74.1 Å². The van der Waals surface area contributed by atoms with Crippen LogP contribution < -0.4 is 0 Å². The molecule has 0 saturated heterocycles. The molecule has 0 aromatic carbocycles. The maximum atomic E-state index is 5.43. The van der Waals surface area contributed by atoms with Crippen LogP contribution in [0.5, 0.6) is 0 Å². The number of aryl methyl sites for hydroxylation is 1. The van der Waals surface area contributed by atoms with E-state index in [1.807, 2.05) is 12.3 Å². The van der Waals surface area contributed by atoms with Gasteiger partial charge in [0.15, 0.2) is 0 Å². The standard InChI is InChI=1S/C11H16O/c1-5-6-10-11(8(2)3)9(4)7-12-10/h5,7-8H,1,6H2,2-4H3. The van der Waals surface area contributed by atoms with Gasteiger partial charge in [-0.15, -0.1) is 6.58 Å². The third-order valence-electron chi connectivity index (χ3n) is 2.01. The summed E-state index contributed by atoms with van der Waals surface area (Å²) in [5.74, 6) is 1.61. The quantitative estimate of drug-likeness (QED) is 0.624. The average molecular weight is 164 g/mol. The van der Waals surface area contributed by atoms with E-state index in [0.717, 1.165) is 12.2 Å². The van der Waals surface area contributed by atoms with Crippen LogP contribution in [-0.2, 0) is 6.42 Å². The molecule has 1 aromatic heterocycles. The highest BCUT2D eigenvalue weighted by Crippen LogP contribution is 2.25. The molecule has 0 amide bonds. The van der Waals surface area contributed by atoms with Gasteiger partial charge in [0.1, 0.15) is 5.76 Å². The largest absolute Gasteiger partial charge is 0.468 e. The second-order valence-corrected chi connectivity index (χ2v) is 3.40. The van der Waals surface area contributed by atoms with E-state index >= 15 is 0 Å². The van der Waals surface area contributed by atoms with Crippen LogP contribution in [0.2, 0.25) is 0 Å². The van der Waals surface area contributed by atoms with E-state index < -0.39 is 0 Å². The molecule has 0 aliphatic carbocycles. The van der Waals surface area contributed by atoms with Gasteiger partial charge >= 0.3 is 0 Å². The van der Waals surface area contributed by atoms with E-state index in [1.54, 1.807) is 0 Å². The number of allylic oxidation sites excluding steroid dienone is 1. The van der Waals surface area contributed by atoms with Gasteiger partial charge in [0.2, 0.25) is 0 Å². The fourth-order valence-electron chi connectivity index (χ4n) is 1.57.